The maximum atomic E-state index is 13.0. The molecule has 4 heterocycles. The highest BCUT2D eigenvalue weighted by atomic mass is 35.5. The van der Waals surface area contributed by atoms with Crippen LogP contribution in [0.5, 0.6) is 5.88 Å². The average Bonchev–Trinajstić information content (AvgIpc) is 3.72. The molecule has 1 aliphatic carbocycles. The number of carbonyl (C=O) groups excluding carboxylic acids is 1. The van der Waals surface area contributed by atoms with Crippen molar-refractivity contribution in [3.63, 3.8) is 0 Å². The number of hydrogen-bond donors (Lipinski definition) is 2. The largest absolute Gasteiger partial charge is 0.481 e. The highest BCUT2D eigenvalue weighted by Gasteiger charge is 2.32. The predicted molar refractivity (Wildman–Crippen MR) is 194 cm³/mol. The molecule has 0 bridgehead atoms. The van der Waals surface area contributed by atoms with Gasteiger partial charge < -0.3 is 15.4 Å². The molecule has 2 N–H and O–H groups in total. The van der Waals surface area contributed by atoms with Crippen molar-refractivity contribution in [1.29, 1.82) is 0 Å². The zero-order chi connectivity index (χ0) is 34.4. The first kappa shape index (κ1) is 33.0. The highest BCUT2D eigenvalue weighted by Crippen LogP contribution is 2.45. The summed E-state index contributed by atoms with van der Waals surface area (Å²) in [7, 11) is 5.40. The van der Waals surface area contributed by atoms with E-state index in [0.717, 1.165) is 65.9 Å². The molecule has 12 heteroatoms. The molecule has 3 aromatic heterocycles. The van der Waals surface area contributed by atoms with E-state index in [1.807, 2.05) is 49.4 Å². The van der Waals surface area contributed by atoms with Crippen molar-refractivity contribution in [2.45, 2.75) is 51.1 Å². The number of aryl methyl sites for hydroxylation is 3. The summed E-state index contributed by atoms with van der Waals surface area (Å²) in [6.07, 6.45) is 5.93. The number of methoxy groups -OCH3 is 1. The lowest BCUT2D eigenvalue weighted by molar-refractivity contribution is -0.119. The molecular formula is C37H37Cl2N7O3. The number of aromatic nitrogens is 4. The van der Waals surface area contributed by atoms with E-state index in [4.69, 9.17) is 32.9 Å². The topological polar surface area (TPSA) is 114 Å². The number of fused-ring (bicyclic) bond motifs is 2. The number of rotatable bonds is 9. The lowest BCUT2D eigenvalue weighted by atomic mass is 9.99. The van der Waals surface area contributed by atoms with Gasteiger partial charge in [0.1, 0.15) is 5.82 Å². The Labute approximate surface area is 294 Å². The van der Waals surface area contributed by atoms with Gasteiger partial charge in [0.15, 0.2) is 0 Å². The van der Waals surface area contributed by atoms with E-state index in [2.05, 4.69) is 38.7 Å². The van der Waals surface area contributed by atoms with Crippen molar-refractivity contribution >= 4 is 51.4 Å². The van der Waals surface area contributed by atoms with Crippen molar-refractivity contribution in [3.05, 3.63) is 91.9 Å². The summed E-state index contributed by atoms with van der Waals surface area (Å²) < 4.78 is 7.18. The zero-order valence-corrected chi connectivity index (χ0v) is 29.3. The summed E-state index contributed by atoms with van der Waals surface area (Å²) in [4.78, 5) is 36.7. The maximum absolute atomic E-state index is 13.0. The Bertz CT molecular complexity index is 2170. The van der Waals surface area contributed by atoms with Crippen molar-refractivity contribution in [2.75, 3.05) is 26.0 Å². The van der Waals surface area contributed by atoms with Gasteiger partial charge in [-0.15, -0.1) is 0 Å². The molecule has 1 amide bonds. The van der Waals surface area contributed by atoms with E-state index in [-0.39, 0.29) is 23.6 Å². The Balaban J connectivity index is 1.20. The van der Waals surface area contributed by atoms with Crippen LogP contribution in [0, 0.1) is 6.92 Å². The molecule has 0 spiro atoms. The van der Waals surface area contributed by atoms with E-state index in [9.17, 15) is 9.59 Å². The molecule has 2 unspecified atom stereocenters. The van der Waals surface area contributed by atoms with Crippen LogP contribution in [-0.4, -0.2) is 57.3 Å². The predicted octanol–water partition coefficient (Wildman–Crippen LogP) is 7.01. The third-order valence-electron chi connectivity index (χ3n) is 9.64. The molecule has 5 aromatic rings. The maximum Gasteiger partial charge on any atom is 0.278 e. The number of ether oxygens (including phenoxy) is 1. The smallest absolute Gasteiger partial charge is 0.278 e. The van der Waals surface area contributed by atoms with Crippen LogP contribution in [0.1, 0.15) is 48.5 Å². The number of amides is 1. The van der Waals surface area contributed by atoms with Crippen LogP contribution in [0.4, 0.5) is 11.5 Å². The van der Waals surface area contributed by atoms with E-state index in [0.29, 0.717) is 44.6 Å². The lowest BCUT2D eigenvalue weighted by Gasteiger charge is -2.27. The van der Waals surface area contributed by atoms with Gasteiger partial charge in [-0.3, -0.25) is 14.5 Å². The summed E-state index contributed by atoms with van der Waals surface area (Å²) in [6.45, 7) is 2.73. The Morgan fingerprint density at radius 3 is 2.53 bits per heavy atom. The Morgan fingerprint density at radius 2 is 1.78 bits per heavy atom. The number of anilines is 2. The Morgan fingerprint density at radius 1 is 1.02 bits per heavy atom. The van der Waals surface area contributed by atoms with Gasteiger partial charge in [0.2, 0.25) is 11.8 Å². The molecule has 1 fully saturated rings. The number of hydrogen-bond acceptors (Lipinski definition) is 8. The molecule has 49 heavy (non-hydrogen) atoms. The van der Waals surface area contributed by atoms with Crippen molar-refractivity contribution in [3.8, 4) is 28.3 Å². The first-order valence-electron chi connectivity index (χ1n) is 16.4. The van der Waals surface area contributed by atoms with Gasteiger partial charge >= 0.3 is 0 Å². The minimum absolute atomic E-state index is 0.145. The second-order valence-corrected chi connectivity index (χ2v) is 13.6. The second-order valence-electron chi connectivity index (χ2n) is 12.8. The third kappa shape index (κ3) is 6.24. The van der Waals surface area contributed by atoms with Crippen LogP contribution in [0.25, 0.3) is 33.2 Å². The van der Waals surface area contributed by atoms with Crippen molar-refractivity contribution in [1.82, 2.24) is 30.0 Å². The zero-order valence-electron chi connectivity index (χ0n) is 27.8. The number of nitrogens with one attached hydrogen (secondary N) is 2. The van der Waals surface area contributed by atoms with E-state index in [1.165, 1.54) is 10.2 Å². The highest BCUT2D eigenvalue weighted by molar-refractivity contribution is 6.39. The lowest BCUT2D eigenvalue weighted by Crippen LogP contribution is -2.31. The molecule has 1 aliphatic heterocycles. The average molecular weight is 699 g/mol. The number of benzene rings is 2. The Kier molecular flexibility index (Phi) is 9.04. The molecule has 7 rings (SSSR count). The first-order valence-corrected chi connectivity index (χ1v) is 17.1. The fourth-order valence-corrected chi connectivity index (χ4v) is 7.71. The van der Waals surface area contributed by atoms with Crippen molar-refractivity contribution < 1.29 is 9.53 Å². The van der Waals surface area contributed by atoms with Gasteiger partial charge in [0.25, 0.3) is 5.56 Å². The van der Waals surface area contributed by atoms with Gasteiger partial charge in [0.05, 0.1) is 40.1 Å². The normalized spacial score (nSPS) is 17.1. The van der Waals surface area contributed by atoms with Crippen LogP contribution >= 0.6 is 23.2 Å². The van der Waals surface area contributed by atoms with Crippen molar-refractivity contribution in [2.24, 2.45) is 7.05 Å². The summed E-state index contributed by atoms with van der Waals surface area (Å²) in [5.41, 5.74) is 6.33. The summed E-state index contributed by atoms with van der Waals surface area (Å²) in [5, 5.41) is 12.6. The van der Waals surface area contributed by atoms with Crippen LogP contribution in [0.2, 0.25) is 10.0 Å². The second kappa shape index (κ2) is 13.4. The summed E-state index contributed by atoms with van der Waals surface area (Å²) in [6, 6.07) is 15.8. The summed E-state index contributed by atoms with van der Waals surface area (Å²) >= 11 is 14.2. The van der Waals surface area contributed by atoms with Gasteiger partial charge in [-0.25, -0.2) is 14.6 Å². The van der Waals surface area contributed by atoms with E-state index < -0.39 is 0 Å². The molecule has 0 saturated carbocycles. The minimum Gasteiger partial charge on any atom is -0.481 e. The van der Waals surface area contributed by atoms with E-state index in [1.54, 1.807) is 20.4 Å². The third-order valence-corrected chi connectivity index (χ3v) is 10.5. The first-order chi connectivity index (χ1) is 23.6. The standard InChI is InChI=1S/C37H37Cl2N7O3/c1-20-17-22-19-40-46(3)37(48)32(22)35(41-20)43-27-10-6-8-25(34(27)39)24-7-5-9-26(33(24)38)28-18-21-11-13-29(31(21)36(44-28)49-4)45(2)16-15-23-12-14-30(47)42-23/h5-10,17-19,23,29H,11-16H2,1-4H3,(H,41,43)(H,42,47). The quantitative estimate of drug-likeness (QED) is 0.169. The molecule has 252 valence electrons. The van der Waals surface area contributed by atoms with Gasteiger partial charge in [-0.1, -0.05) is 53.5 Å². The fraction of sp³-hybridized carbons (Fsp3) is 0.324. The number of carbonyl (C=O) groups is 1. The number of halogens is 2. The number of nitrogens with zero attached hydrogens (tertiary/aromatic N) is 5. The van der Waals surface area contributed by atoms with Crippen LogP contribution in [0.15, 0.2) is 59.5 Å². The van der Waals surface area contributed by atoms with Gasteiger partial charge in [-0.2, -0.15) is 5.10 Å². The molecule has 2 atom stereocenters. The SMILES string of the molecule is COc1nc(-c2cccc(-c3cccc(Nc4nc(C)cc5cnn(C)c(=O)c45)c3Cl)c2Cl)cc2c1C(N(C)CCC1CCC(=O)N1)CC2. The number of pyridine rings is 2. The van der Waals surface area contributed by atoms with E-state index >= 15 is 0 Å². The summed E-state index contributed by atoms with van der Waals surface area (Å²) in [5.74, 6) is 1.15. The van der Waals surface area contributed by atoms with Crippen LogP contribution in [0.3, 0.4) is 0 Å². The molecule has 2 aromatic carbocycles. The fourth-order valence-electron chi connectivity index (χ4n) is 7.11. The van der Waals surface area contributed by atoms with Crippen LogP contribution in [-0.2, 0) is 18.3 Å². The minimum atomic E-state index is -0.259. The van der Waals surface area contributed by atoms with Gasteiger partial charge in [0, 0.05) is 65.4 Å². The molecule has 1 saturated heterocycles. The van der Waals surface area contributed by atoms with Crippen LogP contribution < -0.4 is 20.9 Å². The monoisotopic (exact) mass is 697 g/mol. The Hall–Kier alpha value is -4.51. The molecular weight excluding hydrogens is 661 g/mol. The molecule has 2 aliphatic rings. The van der Waals surface area contributed by atoms with Gasteiger partial charge in [-0.05, 0) is 63.4 Å². The molecule has 10 nitrogen and oxygen atoms in total. The molecule has 0 radical (unpaired) electrons.